The van der Waals surface area contributed by atoms with Crippen molar-refractivity contribution in [2.45, 2.75) is 30.9 Å². The Labute approximate surface area is 85.5 Å². The average Bonchev–Trinajstić information content (AvgIpc) is 2.64. The largest absolute Gasteiger partial charge is 0.477 e. The Bertz CT molecular complexity index is 255. The van der Waals surface area contributed by atoms with Crippen molar-refractivity contribution < 1.29 is 34.0 Å². The SMILES string of the molecule is COC1OCC(O)C2OC(C(=O)O)OC12. The first-order valence-corrected chi connectivity index (χ1v) is 4.49. The van der Waals surface area contributed by atoms with Crippen LogP contribution in [0.3, 0.4) is 0 Å². The molecule has 0 aromatic heterocycles. The molecule has 2 heterocycles. The molecule has 2 fully saturated rings. The van der Waals surface area contributed by atoms with Gasteiger partial charge in [0.15, 0.2) is 6.29 Å². The fourth-order valence-electron chi connectivity index (χ4n) is 1.70. The van der Waals surface area contributed by atoms with Gasteiger partial charge in [-0.25, -0.2) is 4.79 Å². The quantitative estimate of drug-likeness (QED) is 0.587. The Morgan fingerprint density at radius 3 is 2.67 bits per heavy atom. The van der Waals surface area contributed by atoms with Gasteiger partial charge in [-0.2, -0.15) is 0 Å². The van der Waals surface area contributed by atoms with Gasteiger partial charge in [-0.3, -0.25) is 0 Å². The number of rotatable bonds is 2. The monoisotopic (exact) mass is 220 g/mol. The number of carboxylic acids is 1. The minimum Gasteiger partial charge on any atom is -0.477 e. The highest BCUT2D eigenvalue weighted by Gasteiger charge is 2.50. The Kier molecular flexibility index (Phi) is 2.89. The van der Waals surface area contributed by atoms with Crippen LogP contribution in [0, 0.1) is 0 Å². The highest BCUT2D eigenvalue weighted by molar-refractivity contribution is 5.71. The summed E-state index contributed by atoms with van der Waals surface area (Å²) in [6.07, 6.45) is -4.40. The molecule has 5 unspecified atom stereocenters. The van der Waals surface area contributed by atoms with Crippen molar-refractivity contribution >= 4 is 5.97 Å². The molecule has 15 heavy (non-hydrogen) atoms. The molecule has 2 aliphatic rings. The van der Waals surface area contributed by atoms with Crippen LogP contribution in [0.4, 0.5) is 0 Å². The molecule has 7 heteroatoms. The van der Waals surface area contributed by atoms with Crippen molar-refractivity contribution in [3.8, 4) is 0 Å². The van der Waals surface area contributed by atoms with Gasteiger partial charge >= 0.3 is 5.97 Å². The number of carboxylic acid groups (broad SMARTS) is 1. The molecule has 0 saturated carbocycles. The van der Waals surface area contributed by atoms with Crippen LogP contribution in [0.25, 0.3) is 0 Å². The summed E-state index contributed by atoms with van der Waals surface area (Å²) in [6.45, 7) is 0.0371. The van der Waals surface area contributed by atoms with E-state index in [0.29, 0.717) is 0 Å². The molecule has 2 rings (SSSR count). The molecule has 0 aromatic carbocycles. The third-order valence-corrected chi connectivity index (χ3v) is 2.40. The van der Waals surface area contributed by atoms with Crippen molar-refractivity contribution in [1.29, 1.82) is 0 Å². The highest BCUT2D eigenvalue weighted by atomic mass is 16.8. The second kappa shape index (κ2) is 4.03. The van der Waals surface area contributed by atoms with Crippen molar-refractivity contribution in [3.05, 3.63) is 0 Å². The third-order valence-electron chi connectivity index (χ3n) is 2.40. The number of carbonyl (C=O) groups is 1. The van der Waals surface area contributed by atoms with Gasteiger partial charge in [0.05, 0.1) is 6.61 Å². The zero-order valence-electron chi connectivity index (χ0n) is 8.03. The molecule has 0 bridgehead atoms. The second-order valence-electron chi connectivity index (χ2n) is 3.38. The summed E-state index contributed by atoms with van der Waals surface area (Å²) in [5.74, 6) is -1.23. The number of fused-ring (bicyclic) bond motifs is 1. The zero-order valence-corrected chi connectivity index (χ0v) is 8.03. The lowest BCUT2D eigenvalue weighted by Crippen LogP contribution is -2.51. The Morgan fingerprint density at radius 1 is 1.40 bits per heavy atom. The molecule has 0 aliphatic carbocycles. The van der Waals surface area contributed by atoms with Crippen LogP contribution in [0.2, 0.25) is 0 Å². The minimum atomic E-state index is -1.37. The molecule has 0 spiro atoms. The van der Waals surface area contributed by atoms with E-state index < -0.39 is 36.9 Å². The number of aliphatic carboxylic acids is 1. The van der Waals surface area contributed by atoms with E-state index >= 15 is 0 Å². The molecule has 86 valence electrons. The maximum Gasteiger partial charge on any atom is 0.361 e. The predicted octanol–water partition coefficient (Wildman–Crippen LogP) is -1.46. The van der Waals surface area contributed by atoms with E-state index in [1.165, 1.54) is 7.11 Å². The average molecular weight is 220 g/mol. The van der Waals surface area contributed by atoms with Crippen LogP contribution < -0.4 is 0 Å². The molecule has 2 N–H and O–H groups in total. The summed E-state index contributed by atoms with van der Waals surface area (Å²) in [4.78, 5) is 10.6. The third kappa shape index (κ3) is 1.84. The lowest BCUT2D eigenvalue weighted by atomic mass is 10.1. The summed E-state index contributed by atoms with van der Waals surface area (Å²) in [6, 6.07) is 0. The van der Waals surface area contributed by atoms with Crippen LogP contribution in [0.15, 0.2) is 0 Å². The van der Waals surface area contributed by atoms with E-state index in [-0.39, 0.29) is 6.61 Å². The van der Waals surface area contributed by atoms with Crippen LogP contribution >= 0.6 is 0 Å². The van der Waals surface area contributed by atoms with Crippen molar-refractivity contribution in [1.82, 2.24) is 0 Å². The first kappa shape index (κ1) is 10.8. The Hall–Kier alpha value is -0.730. The molecule has 5 atom stereocenters. The standard InChI is InChI=1S/C8H12O7/c1-12-7-5-4(3(9)2-13-7)14-8(15-5)6(10)11/h3-5,7-9H,2H2,1H3,(H,10,11). The smallest absolute Gasteiger partial charge is 0.361 e. The summed E-state index contributed by atoms with van der Waals surface area (Å²) in [5.41, 5.74) is 0. The molecule has 2 aliphatic heterocycles. The number of aliphatic hydroxyl groups is 1. The van der Waals surface area contributed by atoms with Crippen molar-refractivity contribution in [2.75, 3.05) is 13.7 Å². The Balaban J connectivity index is 2.10. The molecular formula is C8H12O7. The highest BCUT2D eigenvalue weighted by Crippen LogP contribution is 2.30. The number of hydrogen-bond donors (Lipinski definition) is 2. The van der Waals surface area contributed by atoms with E-state index in [1.54, 1.807) is 0 Å². The van der Waals surface area contributed by atoms with Crippen LogP contribution in [-0.2, 0) is 23.7 Å². The number of aliphatic hydroxyl groups excluding tert-OH is 1. The summed E-state index contributed by atoms with van der Waals surface area (Å²) >= 11 is 0. The van der Waals surface area contributed by atoms with Gasteiger partial charge in [-0.1, -0.05) is 0 Å². The first-order chi connectivity index (χ1) is 7.13. The normalized spacial score (nSPS) is 45.1. The van der Waals surface area contributed by atoms with Crippen LogP contribution in [0.1, 0.15) is 0 Å². The minimum absolute atomic E-state index is 0.0371. The van der Waals surface area contributed by atoms with E-state index in [4.69, 9.17) is 24.1 Å². The second-order valence-corrected chi connectivity index (χ2v) is 3.38. The maximum atomic E-state index is 10.6. The maximum absolute atomic E-state index is 10.6. The number of hydrogen-bond acceptors (Lipinski definition) is 6. The number of methoxy groups -OCH3 is 1. The molecule has 0 aromatic rings. The summed E-state index contributed by atoms with van der Waals surface area (Å²) in [5, 5.41) is 18.2. The van der Waals surface area contributed by atoms with Gasteiger partial charge in [0.1, 0.15) is 18.3 Å². The van der Waals surface area contributed by atoms with Gasteiger partial charge < -0.3 is 29.2 Å². The first-order valence-electron chi connectivity index (χ1n) is 4.49. The molecule has 2 saturated heterocycles. The van der Waals surface area contributed by atoms with Gasteiger partial charge in [0.2, 0.25) is 0 Å². The lowest BCUT2D eigenvalue weighted by Gasteiger charge is -2.33. The topological polar surface area (TPSA) is 94.5 Å². The van der Waals surface area contributed by atoms with Crippen LogP contribution in [-0.4, -0.2) is 60.8 Å². The van der Waals surface area contributed by atoms with Crippen LogP contribution in [0.5, 0.6) is 0 Å². The van der Waals surface area contributed by atoms with Gasteiger partial charge in [0.25, 0.3) is 6.29 Å². The van der Waals surface area contributed by atoms with Gasteiger partial charge in [-0.15, -0.1) is 0 Å². The van der Waals surface area contributed by atoms with E-state index in [1.807, 2.05) is 0 Å². The number of ether oxygens (including phenoxy) is 4. The Morgan fingerprint density at radius 2 is 2.07 bits per heavy atom. The van der Waals surface area contributed by atoms with Crippen molar-refractivity contribution in [3.63, 3.8) is 0 Å². The lowest BCUT2D eigenvalue weighted by molar-refractivity contribution is -0.235. The van der Waals surface area contributed by atoms with Crippen molar-refractivity contribution in [2.24, 2.45) is 0 Å². The van der Waals surface area contributed by atoms with E-state index in [2.05, 4.69) is 0 Å². The van der Waals surface area contributed by atoms with E-state index in [9.17, 15) is 9.90 Å². The van der Waals surface area contributed by atoms with Gasteiger partial charge in [-0.05, 0) is 0 Å². The molecule has 0 radical (unpaired) electrons. The summed E-state index contributed by atoms with van der Waals surface area (Å²) < 4.78 is 20.2. The zero-order chi connectivity index (χ0) is 11.0. The van der Waals surface area contributed by atoms with Gasteiger partial charge in [0, 0.05) is 7.11 Å². The molecular weight excluding hydrogens is 208 g/mol. The van der Waals surface area contributed by atoms with E-state index in [0.717, 1.165) is 0 Å². The summed E-state index contributed by atoms with van der Waals surface area (Å²) in [7, 11) is 1.41. The molecule has 0 amide bonds. The fourth-order valence-corrected chi connectivity index (χ4v) is 1.70. The predicted molar refractivity (Wildman–Crippen MR) is 43.9 cm³/mol. The molecule has 7 nitrogen and oxygen atoms in total. The fraction of sp³-hybridized carbons (Fsp3) is 0.875.